The Bertz CT molecular complexity index is 1080. The number of benzene rings is 2. The molecule has 8 nitrogen and oxygen atoms in total. The van der Waals surface area contributed by atoms with Crippen LogP contribution in [0.3, 0.4) is 0 Å². The highest BCUT2D eigenvalue weighted by Gasteiger charge is 2.19. The third-order valence-corrected chi connectivity index (χ3v) is 5.31. The van der Waals surface area contributed by atoms with Gasteiger partial charge in [-0.3, -0.25) is 9.40 Å². The Morgan fingerprint density at radius 3 is 2.56 bits per heavy atom. The number of nitrogens with one attached hydrogen (secondary N) is 2. The van der Waals surface area contributed by atoms with Crippen LogP contribution < -0.4 is 19.5 Å². The van der Waals surface area contributed by atoms with Gasteiger partial charge >= 0.3 is 0 Å². The minimum absolute atomic E-state index is 0.109. The Kier molecular flexibility index (Phi) is 4.36. The number of rotatable bonds is 5. The molecule has 27 heavy (non-hydrogen) atoms. The van der Waals surface area contributed by atoms with E-state index in [2.05, 4.69) is 15.1 Å². The van der Waals surface area contributed by atoms with Crippen molar-refractivity contribution in [1.82, 2.24) is 9.78 Å². The van der Waals surface area contributed by atoms with Crippen molar-refractivity contribution < 1.29 is 17.9 Å². The predicted octanol–water partition coefficient (Wildman–Crippen LogP) is 2.74. The van der Waals surface area contributed by atoms with Crippen molar-refractivity contribution in [1.29, 1.82) is 0 Å². The molecule has 0 bridgehead atoms. The quantitative estimate of drug-likeness (QED) is 0.700. The fraction of sp³-hybridized carbons (Fsp3) is 0.167. The van der Waals surface area contributed by atoms with E-state index in [-0.39, 0.29) is 4.90 Å². The third kappa shape index (κ3) is 3.82. The maximum Gasteiger partial charge on any atom is 0.262 e. The summed E-state index contributed by atoms with van der Waals surface area (Å²) < 4.78 is 40.6. The first-order valence-electron chi connectivity index (χ1n) is 8.28. The standard InChI is InChI=1S/C18H18N4O4S/c1-22-12-15(11-19-22)20-13-3-2-4-14(9-13)21-27(23,24)16-5-6-17-18(10-16)26-8-7-25-17/h2-6,9-12,20-21H,7-8H2,1H3. The summed E-state index contributed by atoms with van der Waals surface area (Å²) in [5.74, 6) is 0.971. The molecule has 2 aromatic carbocycles. The third-order valence-electron chi connectivity index (χ3n) is 3.93. The highest BCUT2D eigenvalue weighted by Crippen LogP contribution is 2.33. The zero-order valence-corrected chi connectivity index (χ0v) is 15.4. The number of aryl methyl sites for hydroxylation is 1. The van der Waals surface area contributed by atoms with E-state index < -0.39 is 10.0 Å². The second kappa shape index (κ2) is 6.84. The lowest BCUT2D eigenvalue weighted by Gasteiger charge is -2.19. The van der Waals surface area contributed by atoms with Crippen LogP contribution in [0.5, 0.6) is 11.5 Å². The average molecular weight is 386 g/mol. The molecule has 1 aromatic heterocycles. The van der Waals surface area contributed by atoms with Gasteiger partial charge < -0.3 is 14.8 Å². The lowest BCUT2D eigenvalue weighted by Crippen LogP contribution is -2.17. The molecule has 1 aliphatic rings. The zero-order chi connectivity index (χ0) is 18.9. The van der Waals surface area contributed by atoms with Crippen LogP contribution in [0.2, 0.25) is 0 Å². The van der Waals surface area contributed by atoms with Gasteiger partial charge in [0.1, 0.15) is 13.2 Å². The van der Waals surface area contributed by atoms with Crippen molar-refractivity contribution in [3.05, 3.63) is 54.9 Å². The van der Waals surface area contributed by atoms with E-state index >= 15 is 0 Å². The molecular weight excluding hydrogens is 368 g/mol. The number of anilines is 3. The molecule has 3 aromatic rings. The molecule has 2 heterocycles. The number of sulfonamides is 1. The lowest BCUT2D eigenvalue weighted by molar-refractivity contribution is 0.171. The van der Waals surface area contributed by atoms with Crippen LogP contribution in [-0.4, -0.2) is 31.4 Å². The Morgan fingerprint density at radius 1 is 1.00 bits per heavy atom. The zero-order valence-electron chi connectivity index (χ0n) is 14.5. The molecule has 1 aliphatic heterocycles. The molecule has 0 fully saturated rings. The van der Waals surface area contributed by atoms with Crippen LogP contribution >= 0.6 is 0 Å². The molecule has 0 spiro atoms. The monoisotopic (exact) mass is 386 g/mol. The SMILES string of the molecule is Cn1cc(Nc2cccc(NS(=O)(=O)c3ccc4c(c3)OCCO4)c2)cn1. The van der Waals surface area contributed by atoms with Gasteiger partial charge in [0, 0.05) is 25.0 Å². The first kappa shape index (κ1) is 17.2. The summed E-state index contributed by atoms with van der Waals surface area (Å²) in [5.41, 5.74) is 1.99. The highest BCUT2D eigenvalue weighted by molar-refractivity contribution is 7.92. The maximum atomic E-state index is 12.7. The molecule has 9 heteroatoms. The molecule has 0 unspecified atom stereocenters. The van der Waals surface area contributed by atoms with Crippen molar-refractivity contribution in [3.63, 3.8) is 0 Å². The van der Waals surface area contributed by atoms with Crippen LogP contribution in [0.4, 0.5) is 17.1 Å². The van der Waals surface area contributed by atoms with Gasteiger partial charge in [-0.05, 0) is 30.3 Å². The molecule has 0 radical (unpaired) electrons. The normalized spacial score (nSPS) is 13.2. The summed E-state index contributed by atoms with van der Waals surface area (Å²) in [5, 5.41) is 7.27. The molecule has 0 amide bonds. The molecule has 0 aliphatic carbocycles. The van der Waals surface area contributed by atoms with Crippen molar-refractivity contribution in [3.8, 4) is 11.5 Å². The molecular formula is C18H18N4O4S. The second-order valence-electron chi connectivity index (χ2n) is 6.02. The molecule has 140 valence electrons. The van der Waals surface area contributed by atoms with E-state index in [4.69, 9.17) is 9.47 Å². The van der Waals surface area contributed by atoms with Gasteiger partial charge in [0.25, 0.3) is 10.0 Å². The summed E-state index contributed by atoms with van der Waals surface area (Å²) in [6, 6.07) is 11.6. The predicted molar refractivity (Wildman–Crippen MR) is 101 cm³/mol. The van der Waals surface area contributed by atoms with Crippen LogP contribution in [0.15, 0.2) is 59.8 Å². The number of nitrogens with zero attached hydrogens (tertiary/aromatic N) is 2. The van der Waals surface area contributed by atoms with E-state index in [1.54, 1.807) is 35.1 Å². The largest absolute Gasteiger partial charge is 0.486 e. The van der Waals surface area contributed by atoms with E-state index in [0.717, 1.165) is 11.4 Å². The van der Waals surface area contributed by atoms with Gasteiger partial charge in [-0.2, -0.15) is 5.10 Å². The first-order chi connectivity index (χ1) is 13.0. The summed E-state index contributed by atoms with van der Waals surface area (Å²) in [7, 11) is -1.94. The minimum atomic E-state index is -3.76. The van der Waals surface area contributed by atoms with E-state index in [1.807, 2.05) is 19.3 Å². The lowest BCUT2D eigenvalue weighted by atomic mass is 10.3. The van der Waals surface area contributed by atoms with Gasteiger partial charge in [-0.25, -0.2) is 8.42 Å². The molecule has 0 saturated heterocycles. The smallest absolute Gasteiger partial charge is 0.262 e. The molecule has 0 saturated carbocycles. The number of fused-ring (bicyclic) bond motifs is 1. The summed E-state index contributed by atoms with van der Waals surface area (Å²) in [4.78, 5) is 0.109. The number of hydrogen-bond donors (Lipinski definition) is 2. The Hall–Kier alpha value is -3.20. The highest BCUT2D eigenvalue weighted by atomic mass is 32.2. The van der Waals surface area contributed by atoms with Crippen LogP contribution in [0.25, 0.3) is 0 Å². The van der Waals surface area contributed by atoms with Gasteiger partial charge in [-0.1, -0.05) is 6.07 Å². The maximum absolute atomic E-state index is 12.7. The number of ether oxygens (including phenoxy) is 2. The van der Waals surface area contributed by atoms with E-state index in [9.17, 15) is 8.42 Å². The Labute approximate surface area is 156 Å². The van der Waals surface area contributed by atoms with Crippen molar-refractivity contribution >= 4 is 27.1 Å². The topological polar surface area (TPSA) is 94.5 Å². The molecule has 2 N–H and O–H groups in total. The van der Waals surface area contributed by atoms with Crippen LogP contribution in [0.1, 0.15) is 0 Å². The van der Waals surface area contributed by atoms with Gasteiger partial charge in [0.2, 0.25) is 0 Å². The summed E-state index contributed by atoms with van der Waals surface area (Å²) in [6.07, 6.45) is 3.51. The Morgan fingerprint density at radius 2 is 1.78 bits per heavy atom. The van der Waals surface area contributed by atoms with Crippen molar-refractivity contribution in [2.45, 2.75) is 4.90 Å². The fourth-order valence-corrected chi connectivity index (χ4v) is 3.78. The molecule has 4 rings (SSSR count). The van der Waals surface area contributed by atoms with Crippen LogP contribution in [0, 0.1) is 0 Å². The average Bonchev–Trinajstić information content (AvgIpc) is 3.06. The van der Waals surface area contributed by atoms with E-state index in [1.165, 1.54) is 12.1 Å². The van der Waals surface area contributed by atoms with E-state index in [0.29, 0.717) is 30.4 Å². The summed E-state index contributed by atoms with van der Waals surface area (Å²) >= 11 is 0. The summed E-state index contributed by atoms with van der Waals surface area (Å²) in [6.45, 7) is 0.847. The number of aromatic nitrogens is 2. The Balaban J connectivity index is 1.55. The van der Waals surface area contributed by atoms with Gasteiger partial charge in [0.15, 0.2) is 11.5 Å². The number of hydrogen-bond acceptors (Lipinski definition) is 6. The minimum Gasteiger partial charge on any atom is -0.486 e. The fourth-order valence-electron chi connectivity index (χ4n) is 2.72. The first-order valence-corrected chi connectivity index (χ1v) is 9.76. The van der Waals surface area contributed by atoms with Gasteiger partial charge in [0.05, 0.1) is 22.5 Å². The van der Waals surface area contributed by atoms with Crippen molar-refractivity contribution in [2.75, 3.05) is 23.3 Å². The van der Waals surface area contributed by atoms with Crippen molar-refractivity contribution in [2.24, 2.45) is 7.05 Å². The van der Waals surface area contributed by atoms with Crippen LogP contribution in [-0.2, 0) is 17.1 Å². The molecule has 0 atom stereocenters. The van der Waals surface area contributed by atoms with Gasteiger partial charge in [-0.15, -0.1) is 0 Å². The second-order valence-corrected chi connectivity index (χ2v) is 7.70.